The normalized spacial score (nSPS) is 11.8. The van der Waals surface area contributed by atoms with Gasteiger partial charge in [0, 0.05) is 12.0 Å². The molecule has 0 radical (unpaired) electrons. The summed E-state index contributed by atoms with van der Waals surface area (Å²) in [7, 11) is 1.21. The predicted octanol–water partition coefficient (Wildman–Crippen LogP) is 2.05. The molecule has 7 heteroatoms. The molecule has 0 unspecified atom stereocenters. The SMILES string of the molecule is COC(=O)C[C@H](c1ccc(C(=O)O)cc1)c1c(O)cc(C)oc1=O. The van der Waals surface area contributed by atoms with Gasteiger partial charge in [-0.15, -0.1) is 0 Å². The Morgan fingerprint density at radius 2 is 1.88 bits per heavy atom. The van der Waals surface area contributed by atoms with E-state index in [1.165, 1.54) is 44.4 Å². The summed E-state index contributed by atoms with van der Waals surface area (Å²) in [5, 5.41) is 19.1. The Balaban J connectivity index is 2.55. The third-order valence-electron chi connectivity index (χ3n) is 3.60. The number of benzene rings is 1. The molecule has 0 amide bonds. The number of carboxylic acid groups (broad SMARTS) is 1. The second-order valence-electron chi connectivity index (χ2n) is 5.20. The van der Waals surface area contributed by atoms with Gasteiger partial charge in [-0.2, -0.15) is 0 Å². The maximum atomic E-state index is 12.1. The van der Waals surface area contributed by atoms with E-state index in [2.05, 4.69) is 4.74 Å². The molecule has 0 saturated carbocycles. The van der Waals surface area contributed by atoms with Crippen LogP contribution in [0.4, 0.5) is 0 Å². The maximum Gasteiger partial charge on any atom is 0.343 e. The van der Waals surface area contributed by atoms with Crippen LogP contribution in [-0.4, -0.2) is 29.3 Å². The molecule has 1 aromatic carbocycles. The minimum atomic E-state index is -1.09. The van der Waals surface area contributed by atoms with Crippen molar-refractivity contribution in [1.29, 1.82) is 0 Å². The topological polar surface area (TPSA) is 114 Å². The summed E-state index contributed by atoms with van der Waals surface area (Å²) in [4.78, 5) is 34.8. The summed E-state index contributed by atoms with van der Waals surface area (Å²) in [5.41, 5.74) is -0.287. The van der Waals surface area contributed by atoms with Gasteiger partial charge in [0.1, 0.15) is 11.5 Å². The van der Waals surface area contributed by atoms with Gasteiger partial charge >= 0.3 is 17.6 Å². The molecule has 7 nitrogen and oxygen atoms in total. The highest BCUT2D eigenvalue weighted by Gasteiger charge is 2.26. The Hall–Kier alpha value is -3.09. The van der Waals surface area contributed by atoms with Crippen LogP contribution in [0.5, 0.6) is 5.75 Å². The molecule has 0 spiro atoms. The van der Waals surface area contributed by atoms with E-state index < -0.39 is 23.5 Å². The predicted molar refractivity (Wildman–Crippen MR) is 83.3 cm³/mol. The van der Waals surface area contributed by atoms with Crippen LogP contribution in [0.25, 0.3) is 0 Å². The molecule has 0 bridgehead atoms. The molecular weight excluding hydrogens is 316 g/mol. The lowest BCUT2D eigenvalue weighted by Crippen LogP contribution is -2.18. The lowest BCUT2D eigenvalue weighted by atomic mass is 9.88. The zero-order chi connectivity index (χ0) is 17.9. The molecule has 24 heavy (non-hydrogen) atoms. The molecule has 2 N–H and O–H groups in total. The van der Waals surface area contributed by atoms with E-state index in [4.69, 9.17) is 9.52 Å². The van der Waals surface area contributed by atoms with Gasteiger partial charge in [0.2, 0.25) is 0 Å². The highest BCUT2D eigenvalue weighted by molar-refractivity contribution is 5.87. The van der Waals surface area contributed by atoms with E-state index in [0.29, 0.717) is 5.56 Å². The average Bonchev–Trinajstić information content (AvgIpc) is 2.52. The molecule has 126 valence electrons. The van der Waals surface area contributed by atoms with Crippen molar-refractivity contribution in [1.82, 2.24) is 0 Å². The van der Waals surface area contributed by atoms with Gasteiger partial charge < -0.3 is 19.4 Å². The van der Waals surface area contributed by atoms with Crippen LogP contribution in [0, 0.1) is 6.92 Å². The number of rotatable bonds is 5. The first-order valence-corrected chi connectivity index (χ1v) is 7.07. The van der Waals surface area contributed by atoms with E-state index in [9.17, 15) is 19.5 Å². The molecule has 0 fully saturated rings. The first kappa shape index (κ1) is 17.3. The van der Waals surface area contributed by atoms with Crippen molar-refractivity contribution in [2.75, 3.05) is 7.11 Å². The number of ether oxygens (including phenoxy) is 1. The first-order chi connectivity index (χ1) is 11.3. The van der Waals surface area contributed by atoms with Gasteiger partial charge in [-0.1, -0.05) is 12.1 Å². The second-order valence-corrected chi connectivity index (χ2v) is 5.20. The highest BCUT2D eigenvalue weighted by Crippen LogP contribution is 2.32. The van der Waals surface area contributed by atoms with Crippen LogP contribution in [0.3, 0.4) is 0 Å². The highest BCUT2D eigenvalue weighted by atomic mass is 16.5. The Bertz CT molecular complexity index is 818. The van der Waals surface area contributed by atoms with Crippen molar-refractivity contribution in [3.05, 3.63) is 63.2 Å². The van der Waals surface area contributed by atoms with Gasteiger partial charge in [-0.25, -0.2) is 9.59 Å². The third-order valence-corrected chi connectivity index (χ3v) is 3.60. The van der Waals surface area contributed by atoms with Crippen LogP contribution in [0.2, 0.25) is 0 Å². The summed E-state index contributed by atoms with van der Waals surface area (Å²) in [6, 6.07) is 6.96. The Morgan fingerprint density at radius 3 is 2.38 bits per heavy atom. The standard InChI is InChI=1S/C17H16O7/c1-9-7-13(18)15(17(22)24-9)12(8-14(19)23-2)10-3-5-11(6-4-10)16(20)21/h3-7,12,18H,8H2,1-2H3,(H,20,21)/t12-/m1/s1. The number of hydrogen-bond acceptors (Lipinski definition) is 6. The number of methoxy groups -OCH3 is 1. The average molecular weight is 332 g/mol. The van der Waals surface area contributed by atoms with Gasteiger partial charge in [0.15, 0.2) is 0 Å². The molecule has 1 atom stereocenters. The quantitative estimate of drug-likeness (QED) is 0.805. The Morgan fingerprint density at radius 1 is 1.25 bits per heavy atom. The summed E-state index contributed by atoms with van der Waals surface area (Å²) in [6.07, 6.45) is -0.204. The fourth-order valence-electron chi connectivity index (χ4n) is 2.42. The van der Waals surface area contributed by atoms with Crippen molar-refractivity contribution in [2.45, 2.75) is 19.3 Å². The van der Waals surface area contributed by atoms with Gasteiger partial charge in [0.05, 0.1) is 24.7 Å². The van der Waals surface area contributed by atoms with E-state index in [-0.39, 0.29) is 29.1 Å². The smallest absolute Gasteiger partial charge is 0.343 e. The first-order valence-electron chi connectivity index (χ1n) is 7.07. The number of aromatic carboxylic acids is 1. The fraction of sp³-hybridized carbons (Fsp3) is 0.235. The van der Waals surface area contributed by atoms with Crippen molar-refractivity contribution < 1.29 is 29.0 Å². The molecule has 0 saturated heterocycles. The van der Waals surface area contributed by atoms with Crippen molar-refractivity contribution in [3.8, 4) is 5.75 Å². The summed E-state index contributed by atoms with van der Waals surface area (Å²) < 4.78 is 9.65. The van der Waals surface area contributed by atoms with Crippen molar-refractivity contribution >= 4 is 11.9 Å². The van der Waals surface area contributed by atoms with E-state index in [1.807, 2.05) is 0 Å². The Labute approximate surface area is 137 Å². The van der Waals surface area contributed by atoms with Gasteiger partial charge in [-0.3, -0.25) is 4.79 Å². The van der Waals surface area contributed by atoms with Gasteiger partial charge in [0.25, 0.3) is 0 Å². The van der Waals surface area contributed by atoms with E-state index >= 15 is 0 Å². The minimum absolute atomic E-state index is 0.0655. The molecule has 1 aromatic heterocycles. The zero-order valence-corrected chi connectivity index (χ0v) is 13.1. The molecule has 2 rings (SSSR count). The zero-order valence-electron chi connectivity index (χ0n) is 13.1. The monoisotopic (exact) mass is 332 g/mol. The number of aryl methyl sites for hydroxylation is 1. The summed E-state index contributed by atoms with van der Waals surface area (Å²) in [6.45, 7) is 1.52. The lowest BCUT2D eigenvalue weighted by molar-refractivity contribution is -0.140. The number of aromatic hydroxyl groups is 1. The minimum Gasteiger partial charge on any atom is -0.507 e. The summed E-state index contributed by atoms with van der Waals surface area (Å²) >= 11 is 0. The van der Waals surface area contributed by atoms with Crippen LogP contribution in [-0.2, 0) is 9.53 Å². The Kier molecular flexibility index (Phi) is 5.03. The molecule has 0 aliphatic carbocycles. The second kappa shape index (κ2) is 6.99. The van der Waals surface area contributed by atoms with Crippen LogP contribution >= 0.6 is 0 Å². The number of carbonyl (C=O) groups is 2. The third kappa shape index (κ3) is 3.62. The number of carboxylic acids is 1. The molecule has 0 aliphatic heterocycles. The van der Waals surface area contributed by atoms with Crippen LogP contribution < -0.4 is 5.63 Å². The lowest BCUT2D eigenvalue weighted by Gasteiger charge is -2.17. The van der Waals surface area contributed by atoms with E-state index in [0.717, 1.165) is 0 Å². The number of hydrogen-bond donors (Lipinski definition) is 2. The van der Waals surface area contributed by atoms with Crippen LogP contribution in [0.15, 0.2) is 39.5 Å². The largest absolute Gasteiger partial charge is 0.507 e. The van der Waals surface area contributed by atoms with E-state index in [1.54, 1.807) is 0 Å². The molecule has 2 aromatic rings. The number of carbonyl (C=O) groups excluding carboxylic acids is 1. The van der Waals surface area contributed by atoms with Crippen molar-refractivity contribution in [3.63, 3.8) is 0 Å². The van der Waals surface area contributed by atoms with Crippen LogP contribution in [0.1, 0.15) is 39.6 Å². The van der Waals surface area contributed by atoms with Gasteiger partial charge in [-0.05, 0) is 24.6 Å². The maximum absolute atomic E-state index is 12.1. The molecular formula is C17H16O7. The fourth-order valence-corrected chi connectivity index (χ4v) is 2.42. The van der Waals surface area contributed by atoms with Crippen molar-refractivity contribution in [2.24, 2.45) is 0 Å². The molecule has 0 aliphatic rings. The number of esters is 1. The molecule has 1 heterocycles. The summed E-state index contributed by atoms with van der Waals surface area (Å²) in [5.74, 6) is -2.55.